The van der Waals surface area contributed by atoms with Crippen LogP contribution in [-0.4, -0.2) is 91.5 Å². The van der Waals surface area contributed by atoms with Crippen molar-refractivity contribution in [3.8, 4) is 0 Å². The zero-order valence-corrected chi connectivity index (χ0v) is 33.7. The molecule has 22 nitrogen and oxygen atoms in total. The fourth-order valence-electron chi connectivity index (χ4n) is 5.75. The topological polar surface area (TPSA) is 261 Å². The van der Waals surface area contributed by atoms with Crippen molar-refractivity contribution in [2.24, 2.45) is 35.2 Å². The summed E-state index contributed by atoms with van der Waals surface area (Å²) in [5.41, 5.74) is -0.505. The first-order valence-electron chi connectivity index (χ1n) is 18.1. The second kappa shape index (κ2) is 17.7. The zero-order valence-electron chi connectivity index (χ0n) is 33.7. The first-order chi connectivity index (χ1) is 27.8. The summed E-state index contributed by atoms with van der Waals surface area (Å²) < 4.78 is 18.0. The van der Waals surface area contributed by atoms with Crippen molar-refractivity contribution in [3.63, 3.8) is 0 Å². The van der Waals surface area contributed by atoms with Crippen molar-refractivity contribution in [2.75, 3.05) is 33.2 Å². The summed E-state index contributed by atoms with van der Waals surface area (Å²) in [4.78, 5) is 101. The van der Waals surface area contributed by atoms with E-state index in [4.69, 9.17) is 9.47 Å². The predicted molar refractivity (Wildman–Crippen MR) is 212 cm³/mol. The highest BCUT2D eigenvalue weighted by Crippen LogP contribution is 2.22. The molecule has 5 aromatic heterocycles. The SMILES string of the molecule is CCOC(=O)c1nc(NC(=O)CC(C)(C)OC(=O)c2cc(NC(=O)c3nc(NC(=O)CCC(=O)Nc4cc(NC(=O)c5nccn5C)cn4C)cn3C)cn2C)cn1C. The summed E-state index contributed by atoms with van der Waals surface area (Å²) in [6.45, 7) is 4.94. The number of ether oxygens (including phenoxy) is 2. The molecule has 0 aliphatic rings. The summed E-state index contributed by atoms with van der Waals surface area (Å²) in [5.74, 6) is -3.19. The third-order valence-electron chi connectivity index (χ3n) is 8.51. The van der Waals surface area contributed by atoms with E-state index in [9.17, 15) is 33.6 Å². The van der Waals surface area contributed by atoms with Gasteiger partial charge in [0.25, 0.3) is 11.8 Å². The molecule has 59 heavy (non-hydrogen) atoms. The fraction of sp³-hybridized carbons (Fsp3) is 0.351. The normalized spacial score (nSPS) is 11.1. The van der Waals surface area contributed by atoms with E-state index >= 15 is 0 Å². The second-order valence-electron chi connectivity index (χ2n) is 14.0. The number of amides is 5. The Hall–Kier alpha value is -7.52. The standard InChI is InChI=1S/C37H45N13O9/c1-9-58-36(57)32-44-25(20-50(32)8)42-29(53)16-37(2,3)59-35(56)23-14-21(17-47(23)5)39-34(55)31-43-24(19-49(31)7)41-27(51)10-11-28(52)45-26-15-22(18-48(26)6)40-33(54)30-38-12-13-46(30)4/h12-15,17-20H,9-11,16H2,1-8H3,(H,39,55)(H,40,54)(H,41,51)(H,42,53)(H,45,52). The molecule has 5 aromatic rings. The Balaban J connectivity index is 1.09. The van der Waals surface area contributed by atoms with Gasteiger partial charge in [-0.2, -0.15) is 0 Å². The van der Waals surface area contributed by atoms with Gasteiger partial charge in [0.1, 0.15) is 17.1 Å². The summed E-state index contributed by atoms with van der Waals surface area (Å²) in [6, 6.07) is 2.97. The maximum atomic E-state index is 13.2. The smallest absolute Gasteiger partial charge is 0.374 e. The number of carbonyl (C=O) groups excluding carboxylic acids is 7. The highest BCUT2D eigenvalue weighted by Gasteiger charge is 2.29. The van der Waals surface area contributed by atoms with Crippen LogP contribution in [0.2, 0.25) is 0 Å². The third-order valence-corrected chi connectivity index (χ3v) is 8.51. The highest BCUT2D eigenvalue weighted by atomic mass is 16.6. The molecule has 0 fully saturated rings. The average molecular weight is 816 g/mol. The van der Waals surface area contributed by atoms with Gasteiger partial charge in [0.15, 0.2) is 17.5 Å². The van der Waals surface area contributed by atoms with Gasteiger partial charge in [-0.15, -0.1) is 0 Å². The molecule has 22 heteroatoms. The van der Waals surface area contributed by atoms with E-state index in [0.29, 0.717) is 11.5 Å². The molecule has 0 radical (unpaired) electrons. The van der Waals surface area contributed by atoms with Crippen molar-refractivity contribution in [1.29, 1.82) is 0 Å². The molecule has 0 aliphatic heterocycles. The number of rotatable bonds is 16. The van der Waals surface area contributed by atoms with Gasteiger partial charge < -0.3 is 58.9 Å². The molecule has 5 amide bonds. The van der Waals surface area contributed by atoms with E-state index in [1.165, 1.54) is 44.6 Å². The number of nitrogens with zero attached hydrogens (tertiary/aromatic N) is 8. The van der Waals surface area contributed by atoms with Gasteiger partial charge in [-0.25, -0.2) is 24.5 Å². The van der Waals surface area contributed by atoms with E-state index in [2.05, 4.69) is 41.5 Å². The van der Waals surface area contributed by atoms with Gasteiger partial charge in [0.2, 0.25) is 29.4 Å². The van der Waals surface area contributed by atoms with Crippen LogP contribution in [0.25, 0.3) is 0 Å². The summed E-state index contributed by atoms with van der Waals surface area (Å²) in [6.07, 6.45) is 8.53. The lowest BCUT2D eigenvalue weighted by Crippen LogP contribution is -2.33. The molecule has 5 N–H and O–H groups in total. The van der Waals surface area contributed by atoms with Gasteiger partial charge in [-0.3, -0.25) is 24.0 Å². The van der Waals surface area contributed by atoms with E-state index in [1.54, 1.807) is 83.6 Å². The van der Waals surface area contributed by atoms with Gasteiger partial charge in [0.05, 0.1) is 24.4 Å². The van der Waals surface area contributed by atoms with Crippen molar-refractivity contribution in [3.05, 3.63) is 72.5 Å². The maximum absolute atomic E-state index is 13.2. The number of hydrogen-bond donors (Lipinski definition) is 5. The van der Waals surface area contributed by atoms with Crippen LogP contribution < -0.4 is 26.6 Å². The molecule has 0 unspecified atom stereocenters. The minimum Gasteiger partial charge on any atom is -0.460 e. The second-order valence-corrected chi connectivity index (χ2v) is 14.0. The van der Waals surface area contributed by atoms with E-state index < -0.39 is 47.1 Å². The number of carbonyl (C=O) groups is 7. The van der Waals surface area contributed by atoms with E-state index in [-0.39, 0.29) is 66.4 Å². The zero-order chi connectivity index (χ0) is 43.2. The molecule has 312 valence electrons. The molecule has 5 rings (SSSR count). The Bertz CT molecular complexity index is 2430. The maximum Gasteiger partial charge on any atom is 0.374 e. The first kappa shape index (κ1) is 42.6. The van der Waals surface area contributed by atoms with Gasteiger partial charge >= 0.3 is 11.9 Å². The molecular formula is C37H45N13O9. The van der Waals surface area contributed by atoms with E-state index in [1.807, 2.05) is 0 Å². The van der Waals surface area contributed by atoms with Crippen LogP contribution in [0.1, 0.15) is 82.4 Å². The molecule has 0 aromatic carbocycles. The van der Waals surface area contributed by atoms with Crippen LogP contribution in [0.5, 0.6) is 0 Å². The van der Waals surface area contributed by atoms with Crippen LogP contribution in [-0.2, 0) is 59.1 Å². The number of imidazole rings is 3. The van der Waals surface area contributed by atoms with E-state index in [0.717, 1.165) is 0 Å². The van der Waals surface area contributed by atoms with Crippen LogP contribution in [0.3, 0.4) is 0 Å². The highest BCUT2D eigenvalue weighted by molar-refractivity contribution is 6.04. The summed E-state index contributed by atoms with van der Waals surface area (Å²) in [7, 11) is 8.08. The number of esters is 2. The Morgan fingerprint density at radius 1 is 0.627 bits per heavy atom. The van der Waals surface area contributed by atoms with Crippen molar-refractivity contribution in [1.82, 2.24) is 37.8 Å². The number of nitrogens with one attached hydrogen (secondary N) is 5. The molecule has 5 heterocycles. The lowest BCUT2D eigenvalue weighted by atomic mass is 10.0. The van der Waals surface area contributed by atoms with Crippen LogP contribution in [0.15, 0.2) is 49.3 Å². The molecule has 0 saturated carbocycles. The van der Waals surface area contributed by atoms with Crippen LogP contribution >= 0.6 is 0 Å². The quantitative estimate of drug-likeness (QED) is 0.0901. The Morgan fingerprint density at radius 3 is 1.81 bits per heavy atom. The molecule has 0 aliphatic carbocycles. The van der Waals surface area contributed by atoms with Gasteiger partial charge in [0, 0.05) is 91.3 Å². The number of aromatic nitrogens is 8. The average Bonchev–Trinajstić information content (AvgIpc) is 3.96. The molecule has 0 atom stereocenters. The molecular weight excluding hydrogens is 770 g/mol. The third kappa shape index (κ3) is 10.9. The predicted octanol–water partition coefficient (Wildman–Crippen LogP) is 2.57. The molecule has 0 bridgehead atoms. The molecule has 0 spiro atoms. The van der Waals surface area contributed by atoms with Gasteiger partial charge in [-0.05, 0) is 26.8 Å². The van der Waals surface area contributed by atoms with Crippen molar-refractivity contribution in [2.45, 2.75) is 45.6 Å². The fourth-order valence-corrected chi connectivity index (χ4v) is 5.75. The number of aryl methyl sites for hydroxylation is 5. The monoisotopic (exact) mass is 815 g/mol. The Kier molecular flexibility index (Phi) is 12.8. The van der Waals surface area contributed by atoms with Crippen LogP contribution in [0, 0.1) is 0 Å². The van der Waals surface area contributed by atoms with Gasteiger partial charge in [-0.1, -0.05) is 0 Å². The summed E-state index contributed by atoms with van der Waals surface area (Å²) >= 11 is 0. The lowest BCUT2D eigenvalue weighted by Gasteiger charge is -2.24. The van der Waals surface area contributed by atoms with Crippen molar-refractivity contribution >= 4 is 70.3 Å². The first-order valence-corrected chi connectivity index (χ1v) is 18.1. The minimum absolute atomic E-state index is 0.0104. The number of anilines is 5. The largest absolute Gasteiger partial charge is 0.460 e. The minimum atomic E-state index is -1.27. The lowest BCUT2D eigenvalue weighted by molar-refractivity contribution is -0.121. The molecule has 0 saturated heterocycles. The summed E-state index contributed by atoms with van der Waals surface area (Å²) in [5, 5.41) is 13.3. The van der Waals surface area contributed by atoms with Crippen molar-refractivity contribution < 1.29 is 43.0 Å². The Morgan fingerprint density at radius 2 is 1.19 bits per heavy atom. The number of hydrogen-bond acceptors (Lipinski definition) is 12. The Labute approximate surface area is 337 Å². The van der Waals surface area contributed by atoms with Crippen LogP contribution in [0.4, 0.5) is 28.8 Å².